The summed E-state index contributed by atoms with van der Waals surface area (Å²) in [7, 11) is -0.299. The third kappa shape index (κ3) is 3.17. The van der Waals surface area contributed by atoms with Crippen molar-refractivity contribution in [3.05, 3.63) is 54.1 Å². The quantitative estimate of drug-likeness (QED) is 0.640. The Labute approximate surface area is 116 Å². The summed E-state index contributed by atoms with van der Waals surface area (Å²) in [6.07, 6.45) is 0. The van der Waals surface area contributed by atoms with Gasteiger partial charge in [-0.3, -0.25) is 0 Å². The molecule has 0 heterocycles. The van der Waals surface area contributed by atoms with Gasteiger partial charge in [-0.2, -0.15) is 0 Å². The zero-order chi connectivity index (χ0) is 14.5. The lowest BCUT2D eigenvalue weighted by Crippen LogP contribution is -2.30. The van der Waals surface area contributed by atoms with E-state index >= 15 is 0 Å². The number of rotatable bonds is 4. The van der Waals surface area contributed by atoms with Crippen LogP contribution in [-0.2, 0) is 4.74 Å². The van der Waals surface area contributed by atoms with Crippen molar-refractivity contribution in [2.75, 3.05) is 7.11 Å². The number of ether oxygens (including phenoxy) is 2. The molecule has 0 unspecified atom stereocenters. The molecule has 5 nitrogen and oxygen atoms in total. The molecule has 2 N–H and O–H groups in total. The Kier molecular flexibility index (Phi) is 4.39. The average Bonchev–Trinajstić information content (AvgIpc) is 2.47. The number of para-hydroxylation sites is 1. The normalized spacial score (nSPS) is 9.95. The molecule has 6 heteroatoms. The van der Waals surface area contributed by atoms with Gasteiger partial charge in [0.25, 0.3) is 0 Å². The molecule has 0 spiro atoms. The molecule has 2 aromatic rings. The van der Waals surface area contributed by atoms with Crippen molar-refractivity contribution >= 4 is 18.6 Å². The van der Waals surface area contributed by atoms with E-state index < -0.39 is 13.1 Å². The summed E-state index contributed by atoms with van der Waals surface area (Å²) < 4.78 is 10.2. The molecule has 0 saturated heterocycles. The van der Waals surface area contributed by atoms with E-state index in [1.54, 1.807) is 48.5 Å². The molecule has 0 aromatic heterocycles. The maximum Gasteiger partial charge on any atom is 0.492 e. The maximum atomic E-state index is 11.3. The molecule has 2 aromatic carbocycles. The number of carbonyl (C=O) groups is 1. The second kappa shape index (κ2) is 6.23. The predicted octanol–water partition coefficient (Wildman–Crippen LogP) is 0.945. The maximum absolute atomic E-state index is 11.3. The first-order chi connectivity index (χ1) is 9.61. The second-order valence-electron chi connectivity index (χ2n) is 4.03. The summed E-state index contributed by atoms with van der Waals surface area (Å²) in [6, 6.07) is 12.9. The largest absolute Gasteiger partial charge is 0.492 e. The Hall–Kier alpha value is -2.31. The van der Waals surface area contributed by atoms with E-state index in [9.17, 15) is 14.8 Å². The number of benzene rings is 2. The van der Waals surface area contributed by atoms with E-state index in [4.69, 9.17) is 4.74 Å². The summed E-state index contributed by atoms with van der Waals surface area (Å²) >= 11 is 0. The zero-order valence-corrected chi connectivity index (χ0v) is 10.8. The molecule has 0 bridgehead atoms. The van der Waals surface area contributed by atoms with Gasteiger partial charge in [0, 0.05) is 5.46 Å². The molecular weight excluding hydrogens is 259 g/mol. The number of hydrogen-bond acceptors (Lipinski definition) is 5. The van der Waals surface area contributed by atoms with Gasteiger partial charge in [-0.15, -0.1) is 0 Å². The van der Waals surface area contributed by atoms with Crippen LogP contribution < -0.4 is 10.2 Å². The van der Waals surface area contributed by atoms with Crippen molar-refractivity contribution in [2.45, 2.75) is 0 Å². The van der Waals surface area contributed by atoms with Crippen molar-refractivity contribution in [1.29, 1.82) is 0 Å². The van der Waals surface area contributed by atoms with Gasteiger partial charge in [0.1, 0.15) is 11.5 Å². The molecule has 102 valence electrons. The van der Waals surface area contributed by atoms with Crippen LogP contribution in [0.2, 0.25) is 0 Å². The Morgan fingerprint density at radius 2 is 1.70 bits per heavy atom. The zero-order valence-electron chi connectivity index (χ0n) is 10.8. The third-order valence-electron chi connectivity index (χ3n) is 2.70. The Morgan fingerprint density at radius 3 is 2.30 bits per heavy atom. The van der Waals surface area contributed by atoms with Crippen LogP contribution in [0, 0.1) is 0 Å². The fourth-order valence-corrected chi connectivity index (χ4v) is 1.69. The highest BCUT2D eigenvalue weighted by Crippen LogP contribution is 2.20. The average molecular weight is 272 g/mol. The van der Waals surface area contributed by atoms with Crippen LogP contribution in [0.1, 0.15) is 10.4 Å². The Balaban J connectivity index is 2.20. The molecule has 0 radical (unpaired) electrons. The molecule has 20 heavy (non-hydrogen) atoms. The number of hydrogen-bond donors (Lipinski definition) is 2. The van der Waals surface area contributed by atoms with E-state index in [-0.39, 0.29) is 5.46 Å². The van der Waals surface area contributed by atoms with Crippen molar-refractivity contribution in [1.82, 2.24) is 0 Å². The highest BCUT2D eigenvalue weighted by atomic mass is 16.5. The topological polar surface area (TPSA) is 76.0 Å². The van der Waals surface area contributed by atoms with Crippen LogP contribution in [0.25, 0.3) is 0 Å². The van der Waals surface area contributed by atoms with E-state index in [0.29, 0.717) is 17.1 Å². The fourth-order valence-electron chi connectivity index (χ4n) is 1.69. The van der Waals surface area contributed by atoms with Crippen molar-refractivity contribution in [2.24, 2.45) is 0 Å². The van der Waals surface area contributed by atoms with Crippen LogP contribution in [0.3, 0.4) is 0 Å². The molecule has 0 amide bonds. The first-order valence-electron chi connectivity index (χ1n) is 5.93. The van der Waals surface area contributed by atoms with Crippen LogP contribution in [0.5, 0.6) is 11.5 Å². The molecule has 2 rings (SSSR count). The fraction of sp³-hybridized carbons (Fsp3) is 0.0714. The van der Waals surface area contributed by atoms with E-state index in [2.05, 4.69) is 4.74 Å². The number of esters is 1. The monoisotopic (exact) mass is 272 g/mol. The summed E-state index contributed by atoms with van der Waals surface area (Å²) in [6.45, 7) is 0. The summed E-state index contributed by atoms with van der Waals surface area (Å²) in [4.78, 5) is 11.3. The van der Waals surface area contributed by atoms with Gasteiger partial charge >= 0.3 is 13.1 Å². The van der Waals surface area contributed by atoms with Gasteiger partial charge in [0.2, 0.25) is 0 Å². The van der Waals surface area contributed by atoms with Gasteiger partial charge in [-0.05, 0) is 30.3 Å². The number of methoxy groups -OCH3 is 1. The third-order valence-corrected chi connectivity index (χ3v) is 2.70. The Bertz CT molecular complexity index is 595. The van der Waals surface area contributed by atoms with Gasteiger partial charge in [-0.25, -0.2) is 4.79 Å². The smallest absolute Gasteiger partial charge is 0.465 e. The van der Waals surface area contributed by atoms with Crippen molar-refractivity contribution < 1.29 is 24.3 Å². The molecule has 0 atom stereocenters. The lowest BCUT2D eigenvalue weighted by Gasteiger charge is -2.10. The van der Waals surface area contributed by atoms with Crippen molar-refractivity contribution in [3.63, 3.8) is 0 Å². The minimum atomic E-state index is -1.61. The van der Waals surface area contributed by atoms with Gasteiger partial charge in [0.05, 0.1) is 12.7 Å². The standard InChI is InChI=1S/C14H13BO5/c1-19-14(16)10-6-8-11(9-7-10)20-13-5-3-2-4-12(13)15(17)18/h2-9,17-18H,1H3. The van der Waals surface area contributed by atoms with Crippen LogP contribution in [-0.4, -0.2) is 30.2 Å². The van der Waals surface area contributed by atoms with E-state index in [1.165, 1.54) is 7.11 Å². The minimum absolute atomic E-state index is 0.268. The van der Waals surface area contributed by atoms with Crippen molar-refractivity contribution in [3.8, 4) is 11.5 Å². The molecule has 0 aliphatic heterocycles. The first kappa shape index (κ1) is 14.1. The highest BCUT2D eigenvalue weighted by Gasteiger charge is 2.16. The first-order valence-corrected chi connectivity index (χ1v) is 5.93. The summed E-state index contributed by atoms with van der Waals surface area (Å²) in [5.41, 5.74) is 0.680. The van der Waals surface area contributed by atoms with Gasteiger partial charge in [-0.1, -0.05) is 18.2 Å². The second-order valence-corrected chi connectivity index (χ2v) is 4.03. The lowest BCUT2D eigenvalue weighted by atomic mass is 9.79. The predicted molar refractivity (Wildman–Crippen MR) is 74.1 cm³/mol. The molecular formula is C14H13BO5. The lowest BCUT2D eigenvalue weighted by molar-refractivity contribution is 0.0600. The molecule has 0 aliphatic rings. The van der Waals surface area contributed by atoms with E-state index in [0.717, 1.165) is 0 Å². The van der Waals surface area contributed by atoms with E-state index in [1.807, 2.05) is 0 Å². The Morgan fingerprint density at radius 1 is 1.05 bits per heavy atom. The van der Waals surface area contributed by atoms with Crippen LogP contribution >= 0.6 is 0 Å². The molecule has 0 saturated carbocycles. The summed E-state index contributed by atoms with van der Waals surface area (Å²) in [5, 5.41) is 18.5. The summed E-state index contributed by atoms with van der Waals surface area (Å²) in [5.74, 6) is 0.391. The van der Waals surface area contributed by atoms with Crippen LogP contribution in [0.15, 0.2) is 48.5 Å². The highest BCUT2D eigenvalue weighted by molar-refractivity contribution is 6.59. The van der Waals surface area contributed by atoms with Gasteiger partial charge < -0.3 is 19.5 Å². The number of carbonyl (C=O) groups excluding carboxylic acids is 1. The van der Waals surface area contributed by atoms with Gasteiger partial charge in [0.15, 0.2) is 0 Å². The SMILES string of the molecule is COC(=O)c1ccc(Oc2ccccc2B(O)O)cc1. The molecule has 0 aliphatic carbocycles. The van der Waals surface area contributed by atoms with Crippen LogP contribution in [0.4, 0.5) is 0 Å². The minimum Gasteiger partial charge on any atom is -0.465 e. The molecule has 0 fully saturated rings.